The highest BCUT2D eigenvalue weighted by atomic mass is 35.5. The van der Waals surface area contributed by atoms with E-state index in [1.807, 2.05) is 0 Å². The Morgan fingerprint density at radius 3 is 2.82 bits per heavy atom. The number of imide groups is 1. The Balaban J connectivity index is 2.21. The molecule has 6 nitrogen and oxygen atoms in total. The Kier molecular flexibility index (Phi) is 3.15. The van der Waals surface area contributed by atoms with Crippen LogP contribution in [-0.4, -0.2) is 38.4 Å². The van der Waals surface area contributed by atoms with Crippen LogP contribution in [0.15, 0.2) is 0 Å². The second kappa shape index (κ2) is 4.32. The molecule has 92 valence electrons. The fraction of sp³-hybridized carbons (Fsp3) is 0.556. The summed E-state index contributed by atoms with van der Waals surface area (Å²) >= 11 is 6.99. The first-order chi connectivity index (χ1) is 7.91. The van der Waals surface area contributed by atoms with E-state index in [1.165, 1.54) is 0 Å². The summed E-state index contributed by atoms with van der Waals surface area (Å²) < 4.78 is 4.21. The lowest BCUT2D eigenvalue weighted by atomic mass is 9.98. The molecule has 1 fully saturated rings. The maximum absolute atomic E-state index is 11.7. The molecule has 8 heteroatoms. The van der Waals surface area contributed by atoms with Crippen LogP contribution >= 0.6 is 23.1 Å². The molecule has 0 radical (unpaired) electrons. The Labute approximate surface area is 107 Å². The SMILES string of the molecule is CC1(C)C(=O)NC(=O)CN1Cc1nnsc1Cl. The smallest absolute Gasteiger partial charge is 0.246 e. The zero-order chi connectivity index (χ0) is 12.6. The van der Waals surface area contributed by atoms with Gasteiger partial charge in [0.2, 0.25) is 11.8 Å². The molecule has 17 heavy (non-hydrogen) atoms. The van der Waals surface area contributed by atoms with Gasteiger partial charge in [-0.2, -0.15) is 0 Å². The van der Waals surface area contributed by atoms with E-state index in [2.05, 4.69) is 14.9 Å². The van der Waals surface area contributed by atoms with E-state index in [9.17, 15) is 9.59 Å². The lowest BCUT2D eigenvalue weighted by molar-refractivity contribution is -0.145. The summed E-state index contributed by atoms with van der Waals surface area (Å²) in [5.41, 5.74) is -0.173. The number of halogens is 1. The molecule has 2 amide bonds. The van der Waals surface area contributed by atoms with Gasteiger partial charge < -0.3 is 0 Å². The van der Waals surface area contributed by atoms with Crippen LogP contribution in [0.2, 0.25) is 4.34 Å². The fourth-order valence-corrected chi connectivity index (χ4v) is 2.17. The number of aromatic nitrogens is 2. The van der Waals surface area contributed by atoms with Gasteiger partial charge >= 0.3 is 0 Å². The van der Waals surface area contributed by atoms with E-state index in [1.54, 1.807) is 18.7 Å². The van der Waals surface area contributed by atoms with Crippen LogP contribution in [0.1, 0.15) is 19.5 Å². The number of hydrogen-bond acceptors (Lipinski definition) is 6. The quantitative estimate of drug-likeness (QED) is 0.792. The van der Waals surface area contributed by atoms with Gasteiger partial charge in [0.15, 0.2) is 0 Å². The molecule has 0 bridgehead atoms. The summed E-state index contributed by atoms with van der Waals surface area (Å²) in [5.74, 6) is -0.623. The Morgan fingerprint density at radius 1 is 1.53 bits per heavy atom. The first kappa shape index (κ1) is 12.4. The molecule has 1 aromatic rings. The largest absolute Gasteiger partial charge is 0.294 e. The predicted molar refractivity (Wildman–Crippen MR) is 62.6 cm³/mol. The van der Waals surface area contributed by atoms with E-state index >= 15 is 0 Å². The van der Waals surface area contributed by atoms with Gasteiger partial charge in [-0.25, -0.2) is 0 Å². The standard InChI is InChI=1S/C9H11ClN4O2S/c1-9(2)8(16)11-6(15)4-14(9)3-5-7(10)17-13-12-5/h3-4H2,1-2H3,(H,11,15,16). The molecule has 0 unspecified atom stereocenters. The lowest BCUT2D eigenvalue weighted by Gasteiger charge is -2.39. The monoisotopic (exact) mass is 274 g/mol. The zero-order valence-corrected chi connectivity index (χ0v) is 10.9. The van der Waals surface area contributed by atoms with Crippen molar-refractivity contribution in [2.45, 2.75) is 25.9 Å². The Morgan fingerprint density at radius 2 is 2.24 bits per heavy atom. The van der Waals surface area contributed by atoms with Crippen molar-refractivity contribution in [3.8, 4) is 0 Å². The highest BCUT2D eigenvalue weighted by Gasteiger charge is 2.41. The first-order valence-corrected chi connectivity index (χ1v) is 6.12. The van der Waals surface area contributed by atoms with E-state index in [-0.39, 0.29) is 18.4 Å². The van der Waals surface area contributed by atoms with Gasteiger partial charge in [-0.3, -0.25) is 19.8 Å². The van der Waals surface area contributed by atoms with Crippen molar-refractivity contribution in [3.63, 3.8) is 0 Å². The van der Waals surface area contributed by atoms with Crippen molar-refractivity contribution >= 4 is 34.9 Å². The third-order valence-corrected chi connectivity index (χ3v) is 3.77. The topological polar surface area (TPSA) is 75.2 Å². The van der Waals surface area contributed by atoms with Gasteiger partial charge in [-0.15, -0.1) is 5.10 Å². The molecular weight excluding hydrogens is 264 g/mol. The number of nitrogens with zero attached hydrogens (tertiary/aromatic N) is 3. The molecule has 2 heterocycles. The summed E-state index contributed by atoms with van der Waals surface area (Å²) in [7, 11) is 0. The highest BCUT2D eigenvalue weighted by Crippen LogP contribution is 2.24. The van der Waals surface area contributed by atoms with Crippen molar-refractivity contribution in [2.24, 2.45) is 0 Å². The predicted octanol–water partition coefficient (Wildman–Crippen LogP) is 0.428. The van der Waals surface area contributed by atoms with Gasteiger partial charge in [-0.05, 0) is 13.8 Å². The molecule has 1 saturated heterocycles. The van der Waals surface area contributed by atoms with Crippen LogP contribution in [0.25, 0.3) is 0 Å². The first-order valence-electron chi connectivity index (χ1n) is 4.97. The molecule has 0 spiro atoms. The molecule has 1 aromatic heterocycles. The van der Waals surface area contributed by atoms with Crippen LogP contribution in [-0.2, 0) is 16.1 Å². The number of nitrogens with one attached hydrogen (secondary N) is 1. The van der Waals surface area contributed by atoms with Gasteiger partial charge in [0.1, 0.15) is 10.0 Å². The van der Waals surface area contributed by atoms with E-state index in [0.717, 1.165) is 11.5 Å². The summed E-state index contributed by atoms with van der Waals surface area (Å²) in [6.45, 7) is 3.99. The van der Waals surface area contributed by atoms with Gasteiger partial charge in [0, 0.05) is 18.1 Å². The van der Waals surface area contributed by atoms with Crippen molar-refractivity contribution in [3.05, 3.63) is 10.0 Å². The minimum Gasteiger partial charge on any atom is -0.294 e. The van der Waals surface area contributed by atoms with Crippen molar-refractivity contribution in [1.29, 1.82) is 0 Å². The maximum Gasteiger partial charge on any atom is 0.246 e. The van der Waals surface area contributed by atoms with Crippen molar-refractivity contribution in [1.82, 2.24) is 19.8 Å². The summed E-state index contributed by atoms with van der Waals surface area (Å²) in [5, 5.41) is 6.19. The van der Waals surface area contributed by atoms with E-state index in [4.69, 9.17) is 11.6 Å². The van der Waals surface area contributed by atoms with Crippen LogP contribution in [0.4, 0.5) is 0 Å². The van der Waals surface area contributed by atoms with Crippen LogP contribution in [0.5, 0.6) is 0 Å². The van der Waals surface area contributed by atoms with Gasteiger partial charge in [0.25, 0.3) is 0 Å². The number of amides is 2. The van der Waals surface area contributed by atoms with E-state index < -0.39 is 5.54 Å². The zero-order valence-electron chi connectivity index (χ0n) is 9.36. The minimum absolute atomic E-state index is 0.145. The third-order valence-electron chi connectivity index (χ3n) is 2.78. The number of carbonyl (C=O) groups excluding carboxylic acids is 2. The molecule has 0 atom stereocenters. The molecular formula is C9H11ClN4O2S. The molecule has 0 saturated carbocycles. The third kappa shape index (κ3) is 2.31. The summed E-state index contributed by atoms with van der Waals surface area (Å²) in [6.07, 6.45) is 0. The van der Waals surface area contributed by atoms with Gasteiger partial charge in [0.05, 0.1) is 12.1 Å². The highest BCUT2D eigenvalue weighted by molar-refractivity contribution is 7.10. The van der Waals surface area contributed by atoms with Crippen LogP contribution in [0.3, 0.4) is 0 Å². The summed E-state index contributed by atoms with van der Waals surface area (Å²) in [4.78, 5) is 24.8. The molecule has 0 aromatic carbocycles. The molecule has 1 aliphatic heterocycles. The maximum atomic E-state index is 11.7. The number of carbonyl (C=O) groups is 2. The molecule has 1 N–H and O–H groups in total. The number of piperazine rings is 1. The lowest BCUT2D eigenvalue weighted by Crippen LogP contribution is -2.63. The van der Waals surface area contributed by atoms with Gasteiger partial charge in [-0.1, -0.05) is 16.1 Å². The molecule has 0 aliphatic carbocycles. The Hall–Kier alpha value is -1.05. The second-order valence-corrected chi connectivity index (χ2v) is 5.64. The average molecular weight is 275 g/mol. The number of rotatable bonds is 2. The van der Waals surface area contributed by atoms with Crippen molar-refractivity contribution < 1.29 is 9.59 Å². The number of hydrogen-bond donors (Lipinski definition) is 1. The summed E-state index contributed by atoms with van der Waals surface area (Å²) in [6, 6.07) is 0. The second-order valence-electron chi connectivity index (χ2n) is 4.29. The minimum atomic E-state index is -0.763. The Bertz CT molecular complexity index is 473. The average Bonchev–Trinajstić information content (AvgIpc) is 2.61. The van der Waals surface area contributed by atoms with Crippen LogP contribution < -0.4 is 5.32 Å². The van der Waals surface area contributed by atoms with Crippen LogP contribution in [0, 0.1) is 0 Å². The van der Waals surface area contributed by atoms with Crippen molar-refractivity contribution in [2.75, 3.05) is 6.54 Å². The fourth-order valence-electron chi connectivity index (χ4n) is 1.56. The molecule has 1 aliphatic rings. The normalized spacial score (nSPS) is 20.4. The van der Waals surface area contributed by atoms with E-state index in [0.29, 0.717) is 16.6 Å². The molecule has 2 rings (SSSR count).